The maximum absolute atomic E-state index is 13.1. The molecule has 0 saturated carbocycles. The minimum absolute atomic E-state index is 0.0120. The second kappa shape index (κ2) is 10.2. The fraction of sp³-hybridized carbons (Fsp3) is 0.333. The first-order valence-electron chi connectivity index (χ1n) is 11.0. The highest BCUT2D eigenvalue weighted by Crippen LogP contribution is 2.33. The van der Waals surface area contributed by atoms with Crippen molar-refractivity contribution < 1.29 is 32.3 Å². The van der Waals surface area contributed by atoms with Crippen LogP contribution in [0.15, 0.2) is 64.1 Å². The number of aromatic nitrogens is 1. The minimum atomic E-state index is -5.08. The van der Waals surface area contributed by atoms with Gasteiger partial charge in [-0.15, -0.1) is 0 Å². The average Bonchev–Trinajstić information content (AvgIpc) is 3.51. The van der Waals surface area contributed by atoms with Gasteiger partial charge in [-0.3, -0.25) is 4.79 Å². The van der Waals surface area contributed by atoms with Gasteiger partial charge in [0.25, 0.3) is 6.01 Å². The Hall–Kier alpha value is -3.89. The number of alkyl halides is 3. The molecular weight excluding hydrogens is 465 g/mol. The van der Waals surface area contributed by atoms with Crippen LogP contribution in [0.1, 0.15) is 30.9 Å². The lowest BCUT2D eigenvalue weighted by Crippen LogP contribution is -2.41. The molecule has 1 N–H and O–H groups in total. The van der Waals surface area contributed by atoms with E-state index < -0.39 is 12.1 Å². The number of hydrogen-bond donors (Lipinski definition) is 1. The predicted octanol–water partition coefficient (Wildman–Crippen LogP) is 4.64. The lowest BCUT2D eigenvalue weighted by atomic mass is 9.94. The molecule has 0 aliphatic carbocycles. The first kappa shape index (κ1) is 24.2. The highest BCUT2D eigenvalue weighted by Gasteiger charge is 2.38. The third-order valence-corrected chi connectivity index (χ3v) is 5.88. The minimum Gasteiger partial charge on any atom is -0.475 e. The Morgan fingerprint density at radius 1 is 1.00 bits per heavy atom. The molecule has 0 spiro atoms. The van der Waals surface area contributed by atoms with E-state index in [1.54, 1.807) is 5.01 Å². The number of aliphatic carboxylic acids is 1. The second-order valence-electron chi connectivity index (χ2n) is 8.17. The molecule has 5 rings (SSSR count). The standard InChI is InChI=1S/C22H22N4O2.C2HF3O2/c27-21(26-19(10-13-23-26)16-6-2-1-3-7-16)17-11-14-25(15-12-17)22-24-18-8-4-5-9-20(18)28-22;3-2(4,5)1(6)7/h1-9,13,17,19H,10-12,14-15H2;(H,6,7). The molecule has 0 bridgehead atoms. The van der Waals surface area contributed by atoms with Crippen molar-refractivity contribution in [2.45, 2.75) is 31.5 Å². The van der Waals surface area contributed by atoms with Crippen molar-refractivity contribution >= 4 is 35.2 Å². The summed E-state index contributed by atoms with van der Waals surface area (Å²) in [6.45, 7) is 1.52. The quantitative estimate of drug-likeness (QED) is 0.577. The summed E-state index contributed by atoms with van der Waals surface area (Å²) >= 11 is 0. The molecule has 1 aromatic heterocycles. The summed E-state index contributed by atoms with van der Waals surface area (Å²) in [5.74, 6) is -2.64. The molecule has 8 nitrogen and oxygen atoms in total. The molecule has 1 atom stereocenters. The molecule has 184 valence electrons. The number of anilines is 1. The van der Waals surface area contributed by atoms with Crippen molar-refractivity contribution in [2.24, 2.45) is 11.0 Å². The summed E-state index contributed by atoms with van der Waals surface area (Å²) in [5, 5.41) is 13.2. The van der Waals surface area contributed by atoms with E-state index in [1.165, 1.54) is 0 Å². The van der Waals surface area contributed by atoms with Gasteiger partial charge in [-0.1, -0.05) is 42.5 Å². The van der Waals surface area contributed by atoms with Crippen molar-refractivity contribution in [3.05, 3.63) is 60.2 Å². The monoisotopic (exact) mass is 488 g/mol. The number of carbonyl (C=O) groups excluding carboxylic acids is 1. The largest absolute Gasteiger partial charge is 0.490 e. The number of carboxylic acid groups (broad SMARTS) is 1. The van der Waals surface area contributed by atoms with Gasteiger partial charge in [0, 0.05) is 31.6 Å². The second-order valence-corrected chi connectivity index (χ2v) is 8.17. The third-order valence-electron chi connectivity index (χ3n) is 5.88. The van der Waals surface area contributed by atoms with E-state index in [0.717, 1.165) is 49.0 Å². The van der Waals surface area contributed by atoms with Crippen LogP contribution in [-0.4, -0.2) is 52.5 Å². The van der Waals surface area contributed by atoms with Crippen molar-refractivity contribution in [3.63, 3.8) is 0 Å². The number of oxazole rings is 1. The van der Waals surface area contributed by atoms with Gasteiger partial charge in [-0.25, -0.2) is 9.80 Å². The predicted molar refractivity (Wildman–Crippen MR) is 122 cm³/mol. The molecule has 1 saturated heterocycles. The SMILES string of the molecule is O=C(C1CCN(c2nc3ccccc3o2)CC1)N1N=CCC1c1ccccc1.O=C(O)C(F)(F)F. The first-order valence-corrected chi connectivity index (χ1v) is 11.0. The van der Waals surface area contributed by atoms with Gasteiger partial charge in [0.2, 0.25) is 5.91 Å². The van der Waals surface area contributed by atoms with E-state index in [4.69, 9.17) is 14.3 Å². The number of halogens is 3. The molecule has 2 aliphatic rings. The number of nitrogens with zero attached hydrogens (tertiary/aromatic N) is 4. The van der Waals surface area contributed by atoms with Crippen molar-refractivity contribution in [2.75, 3.05) is 18.0 Å². The third kappa shape index (κ3) is 5.61. The number of carbonyl (C=O) groups is 2. The summed E-state index contributed by atoms with van der Waals surface area (Å²) in [4.78, 5) is 28.7. The smallest absolute Gasteiger partial charge is 0.475 e. The van der Waals surface area contributed by atoms with Crippen molar-refractivity contribution in [3.8, 4) is 0 Å². The number of para-hydroxylation sites is 2. The van der Waals surface area contributed by atoms with Crippen LogP contribution in [0.5, 0.6) is 0 Å². The number of rotatable bonds is 3. The van der Waals surface area contributed by atoms with E-state index in [0.29, 0.717) is 6.01 Å². The topological polar surface area (TPSA) is 99.2 Å². The summed E-state index contributed by atoms with van der Waals surface area (Å²) in [5.41, 5.74) is 2.80. The zero-order chi connectivity index (χ0) is 25.0. The molecule has 11 heteroatoms. The number of hydrogen-bond acceptors (Lipinski definition) is 6. The molecule has 3 aromatic rings. The molecule has 2 aromatic carbocycles. The Labute approximate surface area is 198 Å². The molecular formula is C24H23F3N4O4. The fourth-order valence-corrected chi connectivity index (χ4v) is 4.08. The number of piperidine rings is 1. The molecule has 0 radical (unpaired) electrons. The first-order chi connectivity index (χ1) is 16.7. The van der Waals surface area contributed by atoms with E-state index >= 15 is 0 Å². The van der Waals surface area contributed by atoms with Gasteiger partial charge in [0.05, 0.1) is 6.04 Å². The maximum Gasteiger partial charge on any atom is 0.490 e. The van der Waals surface area contributed by atoms with Crippen LogP contribution in [0, 0.1) is 5.92 Å². The Morgan fingerprint density at radius 2 is 1.63 bits per heavy atom. The Balaban J connectivity index is 0.000000364. The molecule has 3 heterocycles. The molecule has 2 aliphatic heterocycles. The number of fused-ring (bicyclic) bond motifs is 1. The van der Waals surface area contributed by atoms with Gasteiger partial charge in [0.1, 0.15) is 5.52 Å². The molecule has 1 amide bonds. The van der Waals surface area contributed by atoms with Gasteiger partial charge in [-0.2, -0.15) is 23.3 Å². The van der Waals surface area contributed by atoms with Gasteiger partial charge >= 0.3 is 12.1 Å². The summed E-state index contributed by atoms with van der Waals surface area (Å²) in [6, 6.07) is 18.6. The van der Waals surface area contributed by atoms with Gasteiger partial charge in [0.15, 0.2) is 5.58 Å². The van der Waals surface area contributed by atoms with Crippen LogP contribution in [0.2, 0.25) is 0 Å². The summed E-state index contributed by atoms with van der Waals surface area (Å²) < 4.78 is 37.6. The Bertz CT molecular complexity index is 1170. The zero-order valence-corrected chi connectivity index (χ0v) is 18.6. The van der Waals surface area contributed by atoms with Crippen LogP contribution in [0.3, 0.4) is 0 Å². The molecule has 1 unspecified atom stereocenters. The average molecular weight is 488 g/mol. The maximum atomic E-state index is 13.1. The van der Waals surface area contributed by atoms with Crippen LogP contribution in [-0.2, 0) is 9.59 Å². The van der Waals surface area contributed by atoms with E-state index in [-0.39, 0.29) is 17.9 Å². The normalized spacial score (nSPS) is 18.4. The highest BCUT2D eigenvalue weighted by molar-refractivity contribution is 5.82. The number of carboxylic acids is 1. The van der Waals surface area contributed by atoms with Crippen molar-refractivity contribution in [1.29, 1.82) is 0 Å². The molecule has 1 fully saturated rings. The van der Waals surface area contributed by atoms with Gasteiger partial charge in [-0.05, 0) is 30.5 Å². The number of amides is 1. The summed E-state index contributed by atoms with van der Waals surface area (Å²) in [7, 11) is 0. The highest BCUT2D eigenvalue weighted by atomic mass is 19.4. The van der Waals surface area contributed by atoms with Crippen LogP contribution >= 0.6 is 0 Å². The summed E-state index contributed by atoms with van der Waals surface area (Å²) in [6.07, 6.45) is -0.892. The van der Waals surface area contributed by atoms with E-state index in [2.05, 4.69) is 27.1 Å². The lowest BCUT2D eigenvalue weighted by molar-refractivity contribution is -0.192. The Kier molecular flexibility index (Phi) is 7.04. The Morgan fingerprint density at radius 3 is 2.26 bits per heavy atom. The molecule has 35 heavy (non-hydrogen) atoms. The fourth-order valence-electron chi connectivity index (χ4n) is 4.08. The van der Waals surface area contributed by atoms with E-state index in [1.807, 2.05) is 48.7 Å². The number of benzene rings is 2. The van der Waals surface area contributed by atoms with Crippen molar-refractivity contribution in [1.82, 2.24) is 9.99 Å². The lowest BCUT2D eigenvalue weighted by Gasteiger charge is -2.33. The number of hydrazone groups is 1. The van der Waals surface area contributed by atoms with E-state index in [9.17, 15) is 18.0 Å². The van der Waals surface area contributed by atoms with Crippen LogP contribution in [0.25, 0.3) is 11.1 Å². The zero-order valence-electron chi connectivity index (χ0n) is 18.6. The van der Waals surface area contributed by atoms with Crippen LogP contribution < -0.4 is 4.90 Å². The van der Waals surface area contributed by atoms with Crippen LogP contribution in [0.4, 0.5) is 19.2 Å². The van der Waals surface area contributed by atoms with Gasteiger partial charge < -0.3 is 14.4 Å².